The Kier molecular flexibility index (Phi) is 0.672. The minimum absolute atomic E-state index is 0.176. The molecule has 0 aliphatic heterocycles. The summed E-state index contributed by atoms with van der Waals surface area (Å²) in [6.45, 7) is 0. The van der Waals surface area contributed by atoms with Crippen molar-refractivity contribution < 1.29 is 9.44 Å². The van der Waals surface area contributed by atoms with Crippen LogP contribution >= 0.6 is 0 Å². The molecule has 1 aromatic heterocycles. The maximum absolute atomic E-state index is 8.38. The summed E-state index contributed by atoms with van der Waals surface area (Å²) in [6.07, 6.45) is 1.41. The zero-order chi connectivity index (χ0) is 4.41. The molecule has 1 rings (SSSR count). The quantitative estimate of drug-likeness (QED) is 0.488. The van der Waals surface area contributed by atoms with Gasteiger partial charge in [0.1, 0.15) is 0 Å². The van der Waals surface area contributed by atoms with Crippen molar-refractivity contribution in [2.75, 3.05) is 0 Å². The average molecular weight is 81.9 g/mol. The summed E-state index contributed by atoms with van der Waals surface area (Å²) in [5.74, 6) is 0. The third kappa shape index (κ3) is 0.430. The molecule has 0 saturated heterocycles. The molecule has 3 heteroatoms. The Morgan fingerprint density at radius 3 is 2.83 bits per heavy atom. The topological polar surface area (TPSA) is 33.4 Å². The molecule has 1 heterocycles. The van der Waals surface area contributed by atoms with Crippen LogP contribution in [0.5, 0.6) is 5.64 Å². The Labute approximate surface area is 35.7 Å². The molecular formula is C3H3BO2. The van der Waals surface area contributed by atoms with Gasteiger partial charge in [-0.3, -0.25) is 0 Å². The van der Waals surface area contributed by atoms with E-state index in [0.29, 0.717) is 0 Å². The van der Waals surface area contributed by atoms with E-state index in [1.165, 1.54) is 19.5 Å². The molecule has 0 saturated carbocycles. The van der Waals surface area contributed by atoms with E-state index < -0.39 is 0 Å². The molecule has 2 nitrogen and oxygen atoms in total. The van der Waals surface area contributed by atoms with Crippen LogP contribution in [0.15, 0.2) is 16.7 Å². The molecule has 0 aliphatic carbocycles. The van der Waals surface area contributed by atoms with Crippen molar-refractivity contribution in [1.82, 2.24) is 0 Å². The van der Waals surface area contributed by atoms with E-state index in [0.717, 1.165) is 0 Å². The first-order chi connectivity index (χ1) is 2.89. The first-order valence-corrected chi connectivity index (χ1v) is 1.61. The SMILES string of the molecule is Oc1bocc1. The van der Waals surface area contributed by atoms with Crippen LogP contribution in [0.3, 0.4) is 0 Å². The van der Waals surface area contributed by atoms with E-state index in [1.54, 1.807) is 0 Å². The Bertz CT molecular complexity index is 112. The Morgan fingerprint density at radius 2 is 2.67 bits per heavy atom. The van der Waals surface area contributed by atoms with Crippen LogP contribution in [0.1, 0.15) is 0 Å². The first kappa shape index (κ1) is 3.46. The molecule has 6 heavy (non-hydrogen) atoms. The molecule has 0 spiro atoms. The summed E-state index contributed by atoms with van der Waals surface area (Å²) in [6, 6.07) is 1.47. The van der Waals surface area contributed by atoms with Gasteiger partial charge in [0.05, 0.1) is 0 Å². The van der Waals surface area contributed by atoms with E-state index in [4.69, 9.17) is 5.11 Å². The Hall–Kier alpha value is -0.725. The van der Waals surface area contributed by atoms with Gasteiger partial charge in [0.15, 0.2) is 0 Å². The van der Waals surface area contributed by atoms with Gasteiger partial charge in [-0.25, -0.2) is 0 Å². The molecule has 0 atom stereocenters. The zero-order valence-corrected chi connectivity index (χ0v) is 3.09. The normalized spacial score (nSPS) is 8.00. The van der Waals surface area contributed by atoms with Crippen molar-refractivity contribution in [3.05, 3.63) is 12.3 Å². The number of hydrogen-bond acceptors (Lipinski definition) is 2. The molecule has 0 unspecified atom stereocenters. The van der Waals surface area contributed by atoms with Gasteiger partial charge in [-0.1, -0.05) is 0 Å². The van der Waals surface area contributed by atoms with Gasteiger partial charge in [0, 0.05) is 0 Å². The maximum atomic E-state index is 8.38. The standard InChI is InChI=1S/C3H3BO2/c5-3-1-2-6-4-3/h1-2,5H. The summed E-state index contributed by atoms with van der Waals surface area (Å²) in [5.41, 5.74) is 0.176. The molecule has 0 aromatic carbocycles. The van der Waals surface area contributed by atoms with Gasteiger partial charge in [0.25, 0.3) is 0 Å². The number of hydrogen-bond donors (Lipinski definition) is 1. The molecule has 1 N–H and O–H groups in total. The van der Waals surface area contributed by atoms with Crippen molar-refractivity contribution in [3.8, 4) is 5.64 Å². The molecule has 0 aliphatic rings. The number of rotatable bonds is 0. The molecule has 0 fully saturated rings. The van der Waals surface area contributed by atoms with Crippen molar-refractivity contribution >= 4 is 7.13 Å². The van der Waals surface area contributed by atoms with Crippen molar-refractivity contribution in [3.63, 3.8) is 0 Å². The van der Waals surface area contributed by atoms with Crippen molar-refractivity contribution in [1.29, 1.82) is 0 Å². The van der Waals surface area contributed by atoms with Gasteiger partial charge in [-0.05, 0) is 0 Å². The van der Waals surface area contributed by atoms with E-state index in [1.807, 2.05) is 0 Å². The second kappa shape index (κ2) is 1.16. The van der Waals surface area contributed by atoms with Crippen LogP contribution in [-0.4, -0.2) is 12.2 Å². The molecule has 0 radical (unpaired) electrons. The van der Waals surface area contributed by atoms with E-state index in [-0.39, 0.29) is 5.64 Å². The van der Waals surface area contributed by atoms with Crippen LogP contribution in [-0.2, 0) is 0 Å². The van der Waals surface area contributed by atoms with Gasteiger partial charge in [0.2, 0.25) is 0 Å². The first-order valence-electron chi connectivity index (χ1n) is 1.61. The van der Waals surface area contributed by atoms with Gasteiger partial charge in [-0.2, -0.15) is 0 Å². The van der Waals surface area contributed by atoms with Crippen LogP contribution in [0.2, 0.25) is 0 Å². The molecular weight excluding hydrogens is 78.8 g/mol. The van der Waals surface area contributed by atoms with E-state index in [2.05, 4.69) is 4.33 Å². The molecule has 30 valence electrons. The fraction of sp³-hybridized carbons (Fsp3) is 0. The fourth-order valence-corrected chi connectivity index (χ4v) is 0.257. The Morgan fingerprint density at radius 1 is 1.83 bits per heavy atom. The minimum atomic E-state index is 0.176. The summed E-state index contributed by atoms with van der Waals surface area (Å²) in [7, 11) is 1.26. The predicted octanol–water partition coefficient (Wildman–Crippen LogP) is 0.323. The summed E-state index contributed by atoms with van der Waals surface area (Å²) in [5, 5.41) is 8.38. The predicted molar refractivity (Wildman–Crippen MR) is 21.7 cm³/mol. The van der Waals surface area contributed by atoms with E-state index >= 15 is 0 Å². The average Bonchev–Trinajstić information content (AvgIpc) is 1.86. The second-order valence-electron chi connectivity index (χ2n) is 0.982. The van der Waals surface area contributed by atoms with Crippen LogP contribution in [0.25, 0.3) is 0 Å². The van der Waals surface area contributed by atoms with Gasteiger partial charge >= 0.3 is 34.5 Å². The fourth-order valence-electron chi connectivity index (χ4n) is 0.257. The van der Waals surface area contributed by atoms with Crippen molar-refractivity contribution in [2.45, 2.75) is 0 Å². The number of aromatic hydroxyl groups is 1. The third-order valence-corrected chi connectivity index (χ3v) is 0.506. The van der Waals surface area contributed by atoms with Gasteiger partial charge < -0.3 is 0 Å². The van der Waals surface area contributed by atoms with Crippen LogP contribution in [0, 0.1) is 0 Å². The van der Waals surface area contributed by atoms with E-state index in [9.17, 15) is 0 Å². The molecule has 0 bridgehead atoms. The Balaban J connectivity index is 3.05. The molecule has 0 amide bonds. The zero-order valence-electron chi connectivity index (χ0n) is 3.09. The summed E-state index contributed by atoms with van der Waals surface area (Å²) < 4.78 is 4.46. The van der Waals surface area contributed by atoms with Crippen LogP contribution < -0.4 is 0 Å². The second-order valence-corrected chi connectivity index (χ2v) is 0.982. The summed E-state index contributed by atoms with van der Waals surface area (Å²) in [4.78, 5) is 0. The van der Waals surface area contributed by atoms with Gasteiger partial charge in [-0.15, -0.1) is 0 Å². The third-order valence-electron chi connectivity index (χ3n) is 0.506. The molecule has 1 aromatic rings. The monoisotopic (exact) mass is 82.0 g/mol. The van der Waals surface area contributed by atoms with Crippen LogP contribution in [0.4, 0.5) is 0 Å². The van der Waals surface area contributed by atoms with Crippen molar-refractivity contribution in [2.24, 2.45) is 0 Å². The summed E-state index contributed by atoms with van der Waals surface area (Å²) >= 11 is 0.